The van der Waals surface area contributed by atoms with Crippen LogP contribution >= 0.6 is 0 Å². The van der Waals surface area contributed by atoms with Crippen LogP contribution in [0.4, 0.5) is 14.5 Å². The fraction of sp³-hybridized carbons (Fsp3) is 0.259. The van der Waals surface area contributed by atoms with Crippen LogP contribution in [0.2, 0.25) is 0 Å². The average Bonchev–Trinajstić information content (AvgIpc) is 3.44. The lowest BCUT2D eigenvalue weighted by Crippen LogP contribution is -2.42. The summed E-state index contributed by atoms with van der Waals surface area (Å²) in [6, 6.07) is 15.9. The molecule has 7 nitrogen and oxygen atoms in total. The monoisotopic (exact) mass is 520 g/mol. The lowest BCUT2D eigenvalue weighted by molar-refractivity contribution is 0.224. The fourth-order valence-corrected chi connectivity index (χ4v) is 5.33. The van der Waals surface area contributed by atoms with E-state index in [4.69, 9.17) is 0 Å². The topological polar surface area (TPSA) is 74.1 Å². The maximum atomic E-state index is 12.9. The molecule has 10 heteroatoms. The molecule has 4 heterocycles. The van der Waals surface area contributed by atoms with E-state index in [0.717, 1.165) is 28.3 Å². The smallest absolute Gasteiger partial charge is 0.278 e. The minimum Gasteiger partial charge on any atom is -0.357 e. The second-order valence-corrected chi connectivity index (χ2v) is 10.5. The zero-order valence-electron chi connectivity index (χ0n) is 20.1. The molecule has 37 heavy (non-hydrogen) atoms. The van der Waals surface area contributed by atoms with Crippen LogP contribution < -0.4 is 4.90 Å². The molecule has 2 aromatic heterocycles. The van der Waals surface area contributed by atoms with Crippen molar-refractivity contribution in [1.82, 2.24) is 14.9 Å². The van der Waals surface area contributed by atoms with Gasteiger partial charge in [0.15, 0.2) is 0 Å². The fourth-order valence-electron chi connectivity index (χ4n) is 4.27. The summed E-state index contributed by atoms with van der Waals surface area (Å²) >= 11 is 0. The molecule has 0 amide bonds. The summed E-state index contributed by atoms with van der Waals surface area (Å²) in [5.74, 6) is 2.05. The third-order valence-electron chi connectivity index (χ3n) is 6.42. The van der Waals surface area contributed by atoms with Crippen LogP contribution in [0.1, 0.15) is 17.7 Å². The minimum absolute atomic E-state index is 0.0295. The molecule has 0 aliphatic carbocycles. The van der Waals surface area contributed by atoms with Crippen molar-refractivity contribution in [3.63, 3.8) is 0 Å². The molecule has 190 valence electrons. The van der Waals surface area contributed by atoms with Gasteiger partial charge < -0.3 is 9.80 Å². The van der Waals surface area contributed by atoms with Gasteiger partial charge in [-0.25, -0.2) is 8.78 Å². The Morgan fingerprint density at radius 1 is 0.973 bits per heavy atom. The molecule has 0 atom stereocenters. The molecular formula is C27H26F2N6OS. The first-order valence-electron chi connectivity index (χ1n) is 11.9. The molecule has 1 saturated heterocycles. The third-order valence-corrected chi connectivity index (χ3v) is 7.70. The van der Waals surface area contributed by atoms with E-state index in [-0.39, 0.29) is 12.1 Å². The van der Waals surface area contributed by atoms with Gasteiger partial charge in [0.1, 0.15) is 11.5 Å². The zero-order valence-corrected chi connectivity index (χ0v) is 21.0. The van der Waals surface area contributed by atoms with Gasteiger partial charge in [-0.3, -0.25) is 14.2 Å². The molecule has 0 radical (unpaired) electrons. The molecule has 1 aromatic carbocycles. The van der Waals surface area contributed by atoms with Crippen LogP contribution in [0, 0.1) is 0 Å². The van der Waals surface area contributed by atoms with Gasteiger partial charge in [-0.05, 0) is 47.5 Å². The average molecular weight is 521 g/mol. The first-order chi connectivity index (χ1) is 18.0. The normalized spacial score (nSPS) is 16.0. The van der Waals surface area contributed by atoms with E-state index < -0.39 is 17.2 Å². The Morgan fingerprint density at radius 2 is 1.65 bits per heavy atom. The molecule has 3 aromatic rings. The van der Waals surface area contributed by atoms with Gasteiger partial charge in [0.25, 0.3) is 6.43 Å². The number of pyridine rings is 2. The van der Waals surface area contributed by atoms with Crippen molar-refractivity contribution in [3.8, 4) is 11.1 Å². The largest absolute Gasteiger partial charge is 0.357 e. The van der Waals surface area contributed by atoms with Gasteiger partial charge in [-0.1, -0.05) is 18.7 Å². The Morgan fingerprint density at radius 3 is 2.27 bits per heavy atom. The van der Waals surface area contributed by atoms with E-state index in [1.807, 2.05) is 36.4 Å². The summed E-state index contributed by atoms with van der Waals surface area (Å²) in [7, 11) is -0.793. The van der Waals surface area contributed by atoms with Gasteiger partial charge in [-0.2, -0.15) is 10.2 Å². The highest BCUT2D eigenvalue weighted by Crippen LogP contribution is 2.28. The molecule has 0 unspecified atom stereocenters. The van der Waals surface area contributed by atoms with Crippen molar-refractivity contribution >= 4 is 27.9 Å². The minimum atomic E-state index is -2.61. The van der Waals surface area contributed by atoms with Gasteiger partial charge >= 0.3 is 0 Å². The van der Waals surface area contributed by atoms with Crippen molar-refractivity contribution in [2.24, 2.45) is 10.2 Å². The van der Waals surface area contributed by atoms with Crippen LogP contribution in [-0.4, -0.2) is 61.5 Å². The highest BCUT2D eigenvalue weighted by molar-refractivity contribution is 7.85. The SMILES string of the molecule is C=C(N1CCS(=O)CC1)N(Cc1ccc(C2=NN=C(C(F)F)C2)cn1)c1ccc(-c2ccncc2)cc1. The highest BCUT2D eigenvalue weighted by atomic mass is 32.2. The predicted octanol–water partition coefficient (Wildman–Crippen LogP) is 4.50. The van der Waals surface area contributed by atoms with Crippen molar-refractivity contribution in [2.75, 3.05) is 29.5 Å². The number of benzene rings is 1. The van der Waals surface area contributed by atoms with Crippen LogP contribution in [0.3, 0.4) is 0 Å². The van der Waals surface area contributed by atoms with E-state index in [2.05, 4.69) is 48.7 Å². The quantitative estimate of drug-likeness (QED) is 0.437. The number of rotatable bonds is 8. The third kappa shape index (κ3) is 5.80. The van der Waals surface area contributed by atoms with Gasteiger partial charge in [-0.15, -0.1) is 0 Å². The number of aromatic nitrogens is 2. The van der Waals surface area contributed by atoms with Crippen LogP contribution in [0.25, 0.3) is 11.1 Å². The first kappa shape index (κ1) is 24.9. The predicted molar refractivity (Wildman–Crippen MR) is 143 cm³/mol. The van der Waals surface area contributed by atoms with Crippen LogP contribution in [-0.2, 0) is 17.3 Å². The summed E-state index contributed by atoms with van der Waals surface area (Å²) < 4.78 is 37.7. The summed E-state index contributed by atoms with van der Waals surface area (Å²) in [6.07, 6.45) is 2.61. The Bertz CT molecular complexity index is 1330. The summed E-state index contributed by atoms with van der Waals surface area (Å²) in [5, 5.41) is 7.49. The first-order valence-corrected chi connectivity index (χ1v) is 13.4. The van der Waals surface area contributed by atoms with Crippen LogP contribution in [0.5, 0.6) is 0 Å². The molecule has 0 spiro atoms. The molecule has 5 rings (SSSR count). The van der Waals surface area contributed by atoms with Crippen LogP contribution in [0.15, 0.2) is 89.7 Å². The van der Waals surface area contributed by atoms with E-state index in [1.165, 1.54) is 0 Å². The van der Waals surface area contributed by atoms with Gasteiger partial charge in [0, 0.05) is 71.7 Å². The second-order valence-electron chi connectivity index (χ2n) is 8.77. The van der Waals surface area contributed by atoms with Gasteiger partial charge in [0.2, 0.25) is 0 Å². The Kier molecular flexibility index (Phi) is 7.45. The number of hydrogen-bond acceptors (Lipinski definition) is 7. The second kappa shape index (κ2) is 11.1. The van der Waals surface area contributed by atoms with E-state index >= 15 is 0 Å². The number of halogens is 2. The van der Waals surface area contributed by atoms with Crippen molar-refractivity contribution in [2.45, 2.75) is 19.4 Å². The molecule has 2 aliphatic heterocycles. The summed E-state index contributed by atoms with van der Waals surface area (Å²) in [5.41, 5.74) is 4.84. The molecule has 0 bridgehead atoms. The van der Waals surface area contributed by atoms with E-state index in [9.17, 15) is 13.0 Å². The van der Waals surface area contributed by atoms with Crippen molar-refractivity contribution in [1.29, 1.82) is 0 Å². The van der Waals surface area contributed by atoms with Crippen molar-refractivity contribution in [3.05, 3.63) is 90.8 Å². The summed E-state index contributed by atoms with van der Waals surface area (Å²) in [4.78, 5) is 12.9. The number of hydrogen-bond donors (Lipinski definition) is 0. The summed E-state index contributed by atoms with van der Waals surface area (Å²) in [6.45, 7) is 6.18. The Balaban J connectivity index is 1.36. The number of nitrogens with zero attached hydrogens (tertiary/aromatic N) is 6. The number of alkyl halides is 2. The molecule has 2 aliphatic rings. The molecular weight excluding hydrogens is 494 g/mol. The Labute approximate surface area is 216 Å². The lowest BCUT2D eigenvalue weighted by atomic mass is 10.1. The maximum absolute atomic E-state index is 12.9. The number of anilines is 1. The Hall–Kier alpha value is -3.79. The maximum Gasteiger partial charge on any atom is 0.278 e. The molecule has 0 N–H and O–H groups in total. The van der Waals surface area contributed by atoms with E-state index in [0.29, 0.717) is 42.4 Å². The van der Waals surface area contributed by atoms with E-state index in [1.54, 1.807) is 18.6 Å². The standard InChI is InChI=1S/C27H26F2N6OS/c1-19(34-12-14-37(36)15-13-34)35(24-6-3-20(4-7-24)21-8-10-30-11-9-21)18-23-5-2-22(17-31-23)25-16-26(27(28)29)33-32-25/h2-11,17,27H,1,12-16,18H2. The lowest BCUT2D eigenvalue weighted by Gasteiger charge is -2.37. The molecule has 0 saturated carbocycles. The van der Waals surface area contributed by atoms with Crippen molar-refractivity contribution < 1.29 is 13.0 Å². The molecule has 1 fully saturated rings. The highest BCUT2D eigenvalue weighted by Gasteiger charge is 2.24. The zero-order chi connectivity index (χ0) is 25.8. The van der Waals surface area contributed by atoms with Gasteiger partial charge in [0.05, 0.1) is 18.0 Å².